The van der Waals surface area contributed by atoms with Crippen molar-refractivity contribution in [1.29, 1.82) is 0 Å². The van der Waals surface area contributed by atoms with Gasteiger partial charge in [0.05, 0.1) is 0 Å². The maximum atomic E-state index is 6.21. The van der Waals surface area contributed by atoms with Gasteiger partial charge >= 0.3 is 0 Å². The van der Waals surface area contributed by atoms with Crippen LogP contribution in [0.15, 0.2) is 24.7 Å². The first-order valence-electron chi connectivity index (χ1n) is 7.63. The molecule has 3 rings (SSSR count). The smallest absolute Gasteiger partial charge is 0.169 e. The van der Waals surface area contributed by atoms with Gasteiger partial charge in [-0.2, -0.15) is 0 Å². The maximum absolute atomic E-state index is 6.21. The number of hydrazine groups is 1. The number of nitrogen functional groups attached to an aromatic ring is 1. The fraction of sp³-hybridized carbons (Fsp3) is 0.400. The predicted molar refractivity (Wildman–Crippen MR) is 91.4 cm³/mol. The van der Waals surface area contributed by atoms with Gasteiger partial charge in [-0.3, -0.25) is 0 Å². The predicted octanol–water partition coefficient (Wildman–Crippen LogP) is 1.08. The van der Waals surface area contributed by atoms with Crippen molar-refractivity contribution in [3.8, 4) is 0 Å². The molecular formula is C15H22N8. The fourth-order valence-electron chi connectivity index (χ4n) is 2.38. The molecule has 8 heteroatoms. The number of aromatic nitrogens is 3. The Labute approximate surface area is 135 Å². The number of rotatable bonds is 4. The fourth-order valence-corrected chi connectivity index (χ4v) is 2.38. The molecule has 8 nitrogen and oxygen atoms in total. The van der Waals surface area contributed by atoms with Crippen LogP contribution in [0.25, 0.3) is 0 Å². The van der Waals surface area contributed by atoms with E-state index < -0.39 is 0 Å². The summed E-state index contributed by atoms with van der Waals surface area (Å²) in [7, 11) is 2.12. The van der Waals surface area contributed by atoms with E-state index in [4.69, 9.17) is 5.73 Å². The zero-order chi connectivity index (χ0) is 16.2. The van der Waals surface area contributed by atoms with E-state index in [9.17, 15) is 0 Å². The van der Waals surface area contributed by atoms with E-state index in [1.54, 1.807) is 6.20 Å². The number of hydrogen-bond donors (Lipinski definition) is 3. The van der Waals surface area contributed by atoms with Crippen LogP contribution in [-0.4, -0.2) is 58.1 Å². The molecule has 0 atom stereocenters. The molecule has 1 aliphatic rings. The summed E-state index contributed by atoms with van der Waals surface area (Å²) in [6.07, 6.45) is 3.23. The van der Waals surface area contributed by atoms with E-state index in [0.717, 1.165) is 37.6 Å². The number of nitrogens with one attached hydrogen (secondary N) is 2. The molecule has 0 amide bonds. The van der Waals surface area contributed by atoms with Gasteiger partial charge in [-0.25, -0.2) is 20.0 Å². The van der Waals surface area contributed by atoms with Crippen molar-refractivity contribution in [1.82, 2.24) is 24.9 Å². The molecule has 3 heterocycles. The van der Waals surface area contributed by atoms with Crippen LogP contribution >= 0.6 is 0 Å². The maximum Gasteiger partial charge on any atom is 0.169 e. The van der Waals surface area contributed by atoms with Crippen molar-refractivity contribution < 1.29 is 0 Å². The lowest BCUT2D eigenvalue weighted by molar-refractivity contribution is 0.178. The van der Waals surface area contributed by atoms with Crippen LogP contribution in [-0.2, 0) is 0 Å². The third-order valence-electron chi connectivity index (χ3n) is 3.90. The summed E-state index contributed by atoms with van der Waals surface area (Å²) < 4.78 is 0. The molecule has 0 bridgehead atoms. The first kappa shape index (κ1) is 15.4. The lowest BCUT2D eigenvalue weighted by Crippen LogP contribution is -2.47. The Kier molecular flexibility index (Phi) is 4.54. The van der Waals surface area contributed by atoms with E-state index in [1.165, 1.54) is 6.33 Å². The quantitative estimate of drug-likeness (QED) is 0.771. The summed E-state index contributed by atoms with van der Waals surface area (Å²) in [6, 6.07) is 3.88. The molecule has 0 unspecified atom stereocenters. The highest BCUT2D eigenvalue weighted by atomic mass is 15.5. The van der Waals surface area contributed by atoms with Crippen molar-refractivity contribution in [2.45, 2.75) is 6.92 Å². The van der Waals surface area contributed by atoms with Crippen LogP contribution in [0.3, 0.4) is 0 Å². The van der Waals surface area contributed by atoms with Gasteiger partial charge in [-0.15, -0.1) is 0 Å². The average molecular weight is 314 g/mol. The Morgan fingerprint density at radius 2 is 1.78 bits per heavy atom. The van der Waals surface area contributed by atoms with Crippen LogP contribution in [0.1, 0.15) is 5.56 Å². The van der Waals surface area contributed by atoms with E-state index in [0.29, 0.717) is 17.3 Å². The third-order valence-corrected chi connectivity index (χ3v) is 3.90. The first-order chi connectivity index (χ1) is 11.1. The van der Waals surface area contributed by atoms with Gasteiger partial charge in [-0.05, 0) is 25.6 Å². The van der Waals surface area contributed by atoms with E-state index in [2.05, 4.69) is 42.7 Å². The molecule has 1 fully saturated rings. The number of anilines is 4. The lowest BCUT2D eigenvalue weighted by Gasteiger charge is -2.32. The molecule has 1 saturated heterocycles. The summed E-state index contributed by atoms with van der Waals surface area (Å²) >= 11 is 0. The zero-order valence-corrected chi connectivity index (χ0v) is 13.5. The molecule has 2 aromatic heterocycles. The van der Waals surface area contributed by atoms with Crippen LogP contribution in [0.2, 0.25) is 0 Å². The lowest BCUT2D eigenvalue weighted by atomic mass is 10.3. The standard InChI is InChI=1S/C15H22N8/c1-11-4-3-5-17-13(11)20-14-12(16)15(19-10-18-14)21-23-8-6-22(2)7-9-23/h3-5,10H,6-9,16H2,1-2H3,(H2,17,18,19,20,21). The minimum atomic E-state index is 0.483. The molecule has 0 radical (unpaired) electrons. The average Bonchev–Trinajstić information content (AvgIpc) is 2.55. The summed E-state index contributed by atoms with van der Waals surface area (Å²) in [4.78, 5) is 15.1. The second-order valence-electron chi connectivity index (χ2n) is 5.68. The molecule has 0 saturated carbocycles. The van der Waals surface area contributed by atoms with E-state index in [-0.39, 0.29) is 0 Å². The van der Waals surface area contributed by atoms with Crippen molar-refractivity contribution in [3.63, 3.8) is 0 Å². The number of piperazine rings is 1. The second-order valence-corrected chi connectivity index (χ2v) is 5.68. The van der Waals surface area contributed by atoms with E-state index >= 15 is 0 Å². The second kappa shape index (κ2) is 6.76. The molecule has 23 heavy (non-hydrogen) atoms. The van der Waals surface area contributed by atoms with Gasteiger partial charge in [0.15, 0.2) is 11.6 Å². The molecule has 4 N–H and O–H groups in total. The SMILES string of the molecule is Cc1cccnc1Nc1ncnc(NN2CCN(C)CC2)c1N. The van der Waals surface area contributed by atoms with Crippen LogP contribution in [0.4, 0.5) is 23.1 Å². The van der Waals surface area contributed by atoms with Crippen molar-refractivity contribution >= 4 is 23.1 Å². The highest BCUT2D eigenvalue weighted by molar-refractivity contribution is 5.77. The number of aryl methyl sites for hydroxylation is 1. The summed E-state index contributed by atoms with van der Waals surface area (Å²) in [5.41, 5.74) is 11.0. The van der Waals surface area contributed by atoms with Gasteiger partial charge in [0.2, 0.25) is 0 Å². The molecule has 0 spiro atoms. The zero-order valence-electron chi connectivity index (χ0n) is 13.5. The Morgan fingerprint density at radius 1 is 1.04 bits per heavy atom. The Balaban J connectivity index is 1.75. The highest BCUT2D eigenvalue weighted by Crippen LogP contribution is 2.26. The van der Waals surface area contributed by atoms with Crippen molar-refractivity contribution in [3.05, 3.63) is 30.2 Å². The topological polar surface area (TPSA) is 95.2 Å². The van der Waals surface area contributed by atoms with E-state index in [1.807, 2.05) is 19.1 Å². The monoisotopic (exact) mass is 314 g/mol. The highest BCUT2D eigenvalue weighted by Gasteiger charge is 2.16. The van der Waals surface area contributed by atoms with Crippen LogP contribution in [0, 0.1) is 6.92 Å². The summed E-state index contributed by atoms with van der Waals surface area (Å²) in [6.45, 7) is 5.84. The van der Waals surface area contributed by atoms with Crippen LogP contribution in [0.5, 0.6) is 0 Å². The minimum Gasteiger partial charge on any atom is -0.393 e. The van der Waals surface area contributed by atoms with Crippen molar-refractivity contribution in [2.75, 3.05) is 49.7 Å². The molecular weight excluding hydrogens is 292 g/mol. The number of hydrogen-bond acceptors (Lipinski definition) is 8. The third kappa shape index (κ3) is 3.66. The van der Waals surface area contributed by atoms with Gasteiger partial charge in [-0.1, -0.05) is 6.07 Å². The van der Waals surface area contributed by atoms with Gasteiger partial charge in [0, 0.05) is 32.4 Å². The Bertz CT molecular complexity index is 666. The first-order valence-corrected chi connectivity index (χ1v) is 7.63. The number of likely N-dealkylation sites (N-methyl/N-ethyl adjacent to an activating group) is 1. The molecule has 0 aromatic carbocycles. The van der Waals surface area contributed by atoms with Crippen molar-refractivity contribution in [2.24, 2.45) is 0 Å². The van der Waals surface area contributed by atoms with Gasteiger partial charge in [0.25, 0.3) is 0 Å². The van der Waals surface area contributed by atoms with Crippen LogP contribution < -0.4 is 16.5 Å². The number of nitrogens with zero attached hydrogens (tertiary/aromatic N) is 5. The van der Waals surface area contributed by atoms with Gasteiger partial charge in [0.1, 0.15) is 17.8 Å². The summed E-state index contributed by atoms with van der Waals surface area (Å²) in [5, 5.41) is 5.29. The largest absolute Gasteiger partial charge is 0.393 e. The Morgan fingerprint density at radius 3 is 2.52 bits per heavy atom. The summed E-state index contributed by atoms with van der Waals surface area (Å²) in [5.74, 6) is 1.91. The normalized spacial score (nSPS) is 16.3. The molecule has 122 valence electrons. The minimum absolute atomic E-state index is 0.483. The molecule has 0 aliphatic carbocycles. The van der Waals surface area contributed by atoms with Gasteiger partial charge < -0.3 is 21.4 Å². The number of nitrogens with two attached hydrogens (primary N) is 1. The molecule has 1 aliphatic heterocycles. The Hall–Kier alpha value is -2.45. The number of pyridine rings is 1. The molecule has 2 aromatic rings.